The molecule has 0 aromatic heterocycles. The van der Waals surface area contributed by atoms with Gasteiger partial charge in [-0.2, -0.15) is 0 Å². The van der Waals surface area contributed by atoms with E-state index < -0.39 is 5.97 Å². The molecule has 0 unspecified atom stereocenters. The van der Waals surface area contributed by atoms with Crippen LogP contribution in [0.25, 0.3) is 0 Å². The Labute approximate surface area is 123 Å². The van der Waals surface area contributed by atoms with Gasteiger partial charge >= 0.3 is 5.97 Å². The molecule has 6 heteroatoms. The van der Waals surface area contributed by atoms with E-state index in [9.17, 15) is 9.59 Å². The second-order valence-electron chi connectivity index (χ2n) is 4.82. The first-order valence-corrected chi connectivity index (χ1v) is 6.77. The number of amides is 1. The summed E-state index contributed by atoms with van der Waals surface area (Å²) in [4.78, 5) is 23.2. The molecule has 0 aliphatic rings. The summed E-state index contributed by atoms with van der Waals surface area (Å²) < 4.78 is 4.89. The lowest BCUT2D eigenvalue weighted by Gasteiger charge is -2.09. The van der Waals surface area contributed by atoms with Crippen LogP contribution in [0.1, 0.15) is 30.6 Å². The molecule has 1 amide bonds. The van der Waals surface area contributed by atoms with Gasteiger partial charge in [-0.3, -0.25) is 4.79 Å². The number of esters is 1. The average molecular weight is 299 g/mol. The molecule has 0 saturated carbocycles. The van der Waals surface area contributed by atoms with Gasteiger partial charge in [0.2, 0.25) is 0 Å². The van der Waals surface area contributed by atoms with Crippen molar-refractivity contribution in [3.05, 3.63) is 28.8 Å². The number of nitrogens with one attached hydrogen (secondary N) is 1. The van der Waals surface area contributed by atoms with Crippen molar-refractivity contribution in [2.45, 2.75) is 20.3 Å². The highest BCUT2D eigenvalue weighted by Crippen LogP contribution is 2.23. The summed E-state index contributed by atoms with van der Waals surface area (Å²) in [5.41, 5.74) is 6.04. The van der Waals surface area contributed by atoms with Gasteiger partial charge in [-0.1, -0.05) is 31.5 Å². The molecule has 0 heterocycles. The number of halogens is 1. The minimum atomic E-state index is -0.665. The topological polar surface area (TPSA) is 81.4 Å². The zero-order valence-electron chi connectivity index (χ0n) is 11.6. The molecule has 0 saturated heterocycles. The summed E-state index contributed by atoms with van der Waals surface area (Å²) in [6, 6.07) is 4.68. The second-order valence-corrected chi connectivity index (χ2v) is 5.20. The van der Waals surface area contributed by atoms with Crippen LogP contribution in [0, 0.1) is 5.92 Å². The maximum atomic E-state index is 11.8. The molecular formula is C14H19ClN2O3. The third-order valence-corrected chi connectivity index (χ3v) is 3.05. The lowest BCUT2D eigenvalue weighted by Crippen LogP contribution is -2.30. The Morgan fingerprint density at radius 1 is 1.40 bits per heavy atom. The smallest absolute Gasteiger partial charge is 0.340 e. The summed E-state index contributed by atoms with van der Waals surface area (Å²) in [5, 5.41) is 2.81. The molecule has 3 N–H and O–H groups in total. The molecule has 1 aromatic rings. The molecule has 1 aromatic carbocycles. The van der Waals surface area contributed by atoms with Crippen LogP contribution in [0.3, 0.4) is 0 Å². The maximum absolute atomic E-state index is 11.8. The SMILES string of the molecule is CC(C)CCNC(=O)COC(=O)c1cccc(N)c1Cl. The standard InChI is InChI=1S/C14H19ClN2O3/c1-9(2)6-7-17-12(18)8-20-14(19)10-4-3-5-11(16)13(10)15/h3-5,9H,6-8,16H2,1-2H3,(H,17,18). The summed E-state index contributed by atoms with van der Waals surface area (Å²) in [6.45, 7) is 4.36. The van der Waals surface area contributed by atoms with Gasteiger partial charge in [0.1, 0.15) is 0 Å². The van der Waals surface area contributed by atoms with Crippen molar-refractivity contribution in [1.29, 1.82) is 0 Å². The van der Waals surface area contributed by atoms with E-state index in [2.05, 4.69) is 19.2 Å². The molecule has 0 aliphatic carbocycles. The number of benzene rings is 1. The number of carbonyl (C=O) groups is 2. The third kappa shape index (κ3) is 5.09. The third-order valence-electron chi connectivity index (χ3n) is 2.63. The van der Waals surface area contributed by atoms with Gasteiger partial charge in [0, 0.05) is 6.54 Å². The van der Waals surface area contributed by atoms with Crippen LogP contribution < -0.4 is 11.1 Å². The molecule has 0 radical (unpaired) electrons. The molecule has 20 heavy (non-hydrogen) atoms. The van der Waals surface area contributed by atoms with Crippen molar-refractivity contribution in [2.75, 3.05) is 18.9 Å². The molecule has 0 aliphatic heterocycles. The van der Waals surface area contributed by atoms with Gasteiger partial charge < -0.3 is 15.8 Å². The van der Waals surface area contributed by atoms with E-state index in [1.807, 2.05) is 0 Å². The number of ether oxygens (including phenoxy) is 1. The van der Waals surface area contributed by atoms with E-state index in [1.54, 1.807) is 12.1 Å². The Kier molecular flexibility index (Phi) is 6.31. The lowest BCUT2D eigenvalue weighted by atomic mass is 10.1. The van der Waals surface area contributed by atoms with Gasteiger partial charge in [-0.05, 0) is 24.5 Å². The van der Waals surface area contributed by atoms with Crippen molar-refractivity contribution in [3.63, 3.8) is 0 Å². The van der Waals surface area contributed by atoms with E-state index in [4.69, 9.17) is 22.1 Å². The fraction of sp³-hybridized carbons (Fsp3) is 0.429. The predicted octanol–water partition coefficient (Wildman–Crippen LogP) is 2.24. The highest BCUT2D eigenvalue weighted by Gasteiger charge is 2.14. The largest absolute Gasteiger partial charge is 0.452 e. The summed E-state index contributed by atoms with van der Waals surface area (Å²) in [7, 11) is 0. The van der Waals surface area contributed by atoms with E-state index in [0.717, 1.165) is 6.42 Å². The first kappa shape index (κ1) is 16.3. The zero-order chi connectivity index (χ0) is 15.1. The Morgan fingerprint density at radius 3 is 2.75 bits per heavy atom. The normalized spacial score (nSPS) is 10.4. The molecule has 110 valence electrons. The number of nitrogens with two attached hydrogens (primary N) is 1. The molecule has 1 rings (SSSR count). The lowest BCUT2D eigenvalue weighted by molar-refractivity contribution is -0.124. The molecule has 0 spiro atoms. The van der Waals surface area contributed by atoms with Gasteiger partial charge in [0.25, 0.3) is 5.91 Å². The molecule has 5 nitrogen and oxygen atoms in total. The Bertz CT molecular complexity index is 489. The average Bonchev–Trinajstić information content (AvgIpc) is 2.38. The van der Waals surface area contributed by atoms with Crippen LogP contribution in [0.4, 0.5) is 5.69 Å². The van der Waals surface area contributed by atoms with Crippen molar-refractivity contribution < 1.29 is 14.3 Å². The molecular weight excluding hydrogens is 280 g/mol. The Morgan fingerprint density at radius 2 is 2.10 bits per heavy atom. The monoisotopic (exact) mass is 298 g/mol. The van der Waals surface area contributed by atoms with Crippen LogP contribution in [0.2, 0.25) is 5.02 Å². The van der Waals surface area contributed by atoms with Crippen molar-refractivity contribution in [2.24, 2.45) is 5.92 Å². The summed E-state index contributed by atoms with van der Waals surface area (Å²) in [6.07, 6.45) is 0.876. The Balaban J connectivity index is 2.43. The van der Waals surface area contributed by atoms with Crippen LogP contribution in [0.15, 0.2) is 18.2 Å². The van der Waals surface area contributed by atoms with E-state index in [-0.39, 0.29) is 23.1 Å². The number of anilines is 1. The van der Waals surface area contributed by atoms with E-state index in [1.165, 1.54) is 6.07 Å². The fourth-order valence-electron chi connectivity index (χ4n) is 1.47. The Hall–Kier alpha value is -1.75. The number of nitrogen functional groups attached to an aromatic ring is 1. The number of carbonyl (C=O) groups excluding carboxylic acids is 2. The maximum Gasteiger partial charge on any atom is 0.340 e. The van der Waals surface area contributed by atoms with Gasteiger partial charge in [0.15, 0.2) is 6.61 Å². The highest BCUT2D eigenvalue weighted by atomic mass is 35.5. The van der Waals surface area contributed by atoms with Crippen molar-refractivity contribution >= 4 is 29.2 Å². The first-order chi connectivity index (χ1) is 9.41. The van der Waals surface area contributed by atoms with Gasteiger partial charge in [-0.15, -0.1) is 0 Å². The van der Waals surface area contributed by atoms with Crippen LogP contribution in [0.5, 0.6) is 0 Å². The van der Waals surface area contributed by atoms with Crippen LogP contribution in [-0.4, -0.2) is 25.0 Å². The van der Waals surface area contributed by atoms with Crippen LogP contribution >= 0.6 is 11.6 Å². The van der Waals surface area contributed by atoms with Crippen molar-refractivity contribution in [3.8, 4) is 0 Å². The fourth-order valence-corrected chi connectivity index (χ4v) is 1.67. The molecule has 0 bridgehead atoms. The summed E-state index contributed by atoms with van der Waals surface area (Å²) >= 11 is 5.90. The molecule has 0 atom stereocenters. The highest BCUT2D eigenvalue weighted by molar-refractivity contribution is 6.36. The molecule has 0 fully saturated rings. The second kappa shape index (κ2) is 7.75. The first-order valence-electron chi connectivity index (χ1n) is 6.39. The van der Waals surface area contributed by atoms with Gasteiger partial charge in [0.05, 0.1) is 16.3 Å². The number of hydrogen-bond donors (Lipinski definition) is 2. The zero-order valence-corrected chi connectivity index (χ0v) is 12.4. The minimum Gasteiger partial charge on any atom is -0.452 e. The van der Waals surface area contributed by atoms with E-state index in [0.29, 0.717) is 18.2 Å². The number of rotatable bonds is 6. The van der Waals surface area contributed by atoms with E-state index >= 15 is 0 Å². The number of hydrogen-bond acceptors (Lipinski definition) is 4. The minimum absolute atomic E-state index is 0.137. The van der Waals surface area contributed by atoms with Gasteiger partial charge in [-0.25, -0.2) is 4.79 Å². The summed E-state index contributed by atoms with van der Waals surface area (Å²) in [5.74, 6) is -0.496. The van der Waals surface area contributed by atoms with Crippen LogP contribution in [-0.2, 0) is 9.53 Å². The predicted molar refractivity (Wildman–Crippen MR) is 78.6 cm³/mol. The quantitative estimate of drug-likeness (QED) is 0.623. The van der Waals surface area contributed by atoms with Crippen molar-refractivity contribution in [1.82, 2.24) is 5.32 Å².